The summed E-state index contributed by atoms with van der Waals surface area (Å²) in [6, 6.07) is 0. The third-order valence-corrected chi connectivity index (χ3v) is 6.71. The molecule has 0 aromatic heterocycles. The van der Waals surface area contributed by atoms with E-state index < -0.39 is 0 Å². The van der Waals surface area contributed by atoms with Crippen molar-refractivity contribution in [3.8, 4) is 23.0 Å². The van der Waals surface area contributed by atoms with Crippen LogP contribution in [0.2, 0.25) is 0 Å². The van der Waals surface area contributed by atoms with E-state index in [2.05, 4.69) is 0 Å². The molecule has 0 spiro atoms. The maximum atomic E-state index is 10.7. The molecule has 2 atom stereocenters. The summed E-state index contributed by atoms with van der Waals surface area (Å²) in [6.07, 6.45) is 2.13. The zero-order valence-electron chi connectivity index (χ0n) is 17.0. The van der Waals surface area contributed by atoms with Crippen LogP contribution in [0.15, 0.2) is 0 Å². The van der Waals surface area contributed by atoms with Crippen molar-refractivity contribution < 1.29 is 19.7 Å². The van der Waals surface area contributed by atoms with Gasteiger partial charge in [0, 0.05) is 17.5 Å². The van der Waals surface area contributed by atoms with Crippen LogP contribution in [-0.4, -0.2) is 16.5 Å². The third kappa shape index (κ3) is 2.49. The number of hydrogen-bond acceptors (Lipinski definition) is 4. The first-order valence-corrected chi connectivity index (χ1v) is 9.69. The second kappa shape index (κ2) is 6.08. The second-order valence-corrected chi connectivity index (χ2v) is 8.14. The van der Waals surface area contributed by atoms with E-state index in [-0.39, 0.29) is 12.2 Å². The van der Waals surface area contributed by atoms with Crippen molar-refractivity contribution in [1.29, 1.82) is 0 Å². The van der Waals surface area contributed by atoms with Crippen LogP contribution in [0.3, 0.4) is 0 Å². The predicted molar refractivity (Wildman–Crippen MR) is 105 cm³/mol. The maximum Gasteiger partial charge on any atom is 0.241 e. The molecule has 2 aliphatic rings. The summed E-state index contributed by atoms with van der Waals surface area (Å²) in [5, 5.41) is 21.2. The summed E-state index contributed by atoms with van der Waals surface area (Å²) in [5.41, 5.74) is 7.60. The van der Waals surface area contributed by atoms with Gasteiger partial charge in [-0.1, -0.05) is 0 Å². The Hall–Kier alpha value is -2.36. The molecule has 2 N–H and O–H groups in total. The number of aromatic hydroxyl groups is 2. The van der Waals surface area contributed by atoms with Crippen LogP contribution < -0.4 is 9.47 Å². The molecule has 0 aliphatic carbocycles. The van der Waals surface area contributed by atoms with Crippen molar-refractivity contribution in [2.24, 2.45) is 0 Å². The number of benzene rings is 2. The summed E-state index contributed by atoms with van der Waals surface area (Å²) >= 11 is 0. The molecule has 2 heterocycles. The van der Waals surface area contributed by atoms with Gasteiger partial charge in [-0.25, -0.2) is 0 Å². The number of phenolic OH excluding ortho intramolecular Hbond substituents is 2. The van der Waals surface area contributed by atoms with Gasteiger partial charge in [-0.15, -0.1) is 0 Å². The Morgan fingerprint density at radius 2 is 1.22 bits per heavy atom. The van der Waals surface area contributed by atoms with Gasteiger partial charge in [0.15, 0.2) is 0 Å². The molecule has 4 heteroatoms. The fourth-order valence-electron chi connectivity index (χ4n) is 4.68. The average Bonchev–Trinajstić information content (AvgIpc) is 2.77. The Labute approximate surface area is 160 Å². The number of ether oxygens (including phenoxy) is 2. The molecule has 2 unspecified atom stereocenters. The highest BCUT2D eigenvalue weighted by atomic mass is 16.7. The van der Waals surface area contributed by atoms with Crippen LogP contribution in [0, 0.1) is 41.5 Å². The summed E-state index contributed by atoms with van der Waals surface area (Å²) < 4.78 is 12.8. The maximum absolute atomic E-state index is 10.7. The molecular formula is C23H28O4. The van der Waals surface area contributed by atoms with Crippen molar-refractivity contribution in [2.75, 3.05) is 0 Å². The summed E-state index contributed by atoms with van der Waals surface area (Å²) in [5.74, 6) is 2.64. The molecule has 4 rings (SSSR count). The van der Waals surface area contributed by atoms with E-state index in [0.29, 0.717) is 11.5 Å². The van der Waals surface area contributed by atoms with Gasteiger partial charge in [-0.2, -0.15) is 0 Å². The summed E-state index contributed by atoms with van der Waals surface area (Å²) in [4.78, 5) is 0. The zero-order valence-corrected chi connectivity index (χ0v) is 17.0. The second-order valence-electron chi connectivity index (χ2n) is 8.14. The summed E-state index contributed by atoms with van der Waals surface area (Å²) in [6.45, 7) is 11.8. The van der Waals surface area contributed by atoms with Gasteiger partial charge < -0.3 is 19.7 Å². The smallest absolute Gasteiger partial charge is 0.241 e. The molecule has 2 bridgehead atoms. The topological polar surface area (TPSA) is 58.9 Å². The molecule has 0 radical (unpaired) electrons. The first kappa shape index (κ1) is 18.0. The zero-order chi connectivity index (χ0) is 19.6. The lowest BCUT2D eigenvalue weighted by Gasteiger charge is -2.27. The van der Waals surface area contributed by atoms with Gasteiger partial charge in [0.25, 0.3) is 0 Å². The van der Waals surface area contributed by atoms with Gasteiger partial charge in [0.05, 0.1) is 0 Å². The Kier molecular flexibility index (Phi) is 4.06. The van der Waals surface area contributed by atoms with Crippen LogP contribution >= 0.6 is 0 Å². The molecule has 2 aromatic carbocycles. The monoisotopic (exact) mass is 368 g/mol. The van der Waals surface area contributed by atoms with Crippen molar-refractivity contribution in [3.05, 3.63) is 44.5 Å². The molecule has 0 fully saturated rings. The third-order valence-electron chi connectivity index (χ3n) is 6.71. The van der Waals surface area contributed by atoms with Crippen molar-refractivity contribution in [2.45, 2.75) is 73.0 Å². The minimum Gasteiger partial charge on any atom is -0.507 e. The van der Waals surface area contributed by atoms with Crippen LogP contribution in [0.4, 0.5) is 0 Å². The molecule has 2 aromatic rings. The first-order valence-electron chi connectivity index (χ1n) is 9.69. The van der Waals surface area contributed by atoms with E-state index >= 15 is 0 Å². The molecule has 0 saturated carbocycles. The fourth-order valence-corrected chi connectivity index (χ4v) is 4.68. The van der Waals surface area contributed by atoms with Crippen molar-refractivity contribution in [3.63, 3.8) is 0 Å². The van der Waals surface area contributed by atoms with E-state index in [0.717, 1.165) is 75.3 Å². The standard InChI is InChI=1S/C23H28O4/c1-10-12(3)22-17(14(5)20(10)24)9-16-7-8-18(26-22)27-23-13(4)11(2)21(25)15(6)19(16)23/h16,18,24-25H,7-9H2,1-6H3. The minimum atomic E-state index is -0.364. The molecule has 4 nitrogen and oxygen atoms in total. The van der Waals surface area contributed by atoms with Crippen LogP contribution in [0.5, 0.6) is 23.0 Å². The molecular weight excluding hydrogens is 340 g/mol. The van der Waals surface area contributed by atoms with Gasteiger partial charge in [-0.05, 0) is 93.7 Å². The predicted octanol–water partition coefficient (Wildman–Crippen LogP) is 5.17. The molecule has 27 heavy (non-hydrogen) atoms. The van der Waals surface area contributed by atoms with Gasteiger partial charge in [0.1, 0.15) is 23.0 Å². The van der Waals surface area contributed by atoms with Crippen molar-refractivity contribution >= 4 is 0 Å². The highest BCUT2D eigenvalue weighted by Crippen LogP contribution is 2.50. The Balaban J connectivity index is 1.99. The largest absolute Gasteiger partial charge is 0.507 e. The van der Waals surface area contributed by atoms with E-state index in [1.54, 1.807) is 0 Å². The van der Waals surface area contributed by atoms with E-state index in [4.69, 9.17) is 9.47 Å². The number of fused-ring (bicyclic) bond motifs is 6. The summed E-state index contributed by atoms with van der Waals surface area (Å²) in [7, 11) is 0. The van der Waals surface area contributed by atoms with Gasteiger partial charge in [-0.3, -0.25) is 0 Å². The number of phenols is 2. The van der Waals surface area contributed by atoms with Gasteiger partial charge >= 0.3 is 0 Å². The minimum absolute atomic E-state index is 0.220. The Morgan fingerprint density at radius 3 is 1.89 bits per heavy atom. The lowest BCUT2D eigenvalue weighted by molar-refractivity contribution is -0.00212. The SMILES string of the molecule is Cc1c(C)c2c(c(C)c1O)CC1CCC(O2)Oc2c(C)c(C)c(O)c(C)c21. The average molecular weight is 368 g/mol. The van der Waals surface area contributed by atoms with Crippen LogP contribution in [0.25, 0.3) is 0 Å². The van der Waals surface area contributed by atoms with E-state index in [1.165, 1.54) is 0 Å². The molecule has 0 saturated heterocycles. The lowest BCUT2D eigenvalue weighted by atomic mass is 9.81. The quantitative estimate of drug-likeness (QED) is 0.674. The van der Waals surface area contributed by atoms with E-state index in [9.17, 15) is 10.2 Å². The van der Waals surface area contributed by atoms with Crippen LogP contribution in [0.1, 0.15) is 63.3 Å². The van der Waals surface area contributed by atoms with E-state index in [1.807, 2.05) is 41.5 Å². The fraction of sp³-hybridized carbons (Fsp3) is 0.478. The Morgan fingerprint density at radius 1 is 0.667 bits per heavy atom. The molecule has 144 valence electrons. The first-order chi connectivity index (χ1) is 12.7. The highest BCUT2D eigenvalue weighted by molar-refractivity contribution is 5.62. The van der Waals surface area contributed by atoms with Crippen molar-refractivity contribution in [1.82, 2.24) is 0 Å². The number of rotatable bonds is 0. The molecule has 0 amide bonds. The lowest BCUT2D eigenvalue weighted by Crippen LogP contribution is -2.26. The normalized spacial score (nSPS) is 20.7. The highest BCUT2D eigenvalue weighted by Gasteiger charge is 2.35. The molecule has 2 aliphatic heterocycles. The van der Waals surface area contributed by atoms with Crippen LogP contribution in [-0.2, 0) is 6.42 Å². The Bertz CT molecular complexity index is 956. The number of hydrogen-bond donors (Lipinski definition) is 2. The van der Waals surface area contributed by atoms with Gasteiger partial charge in [0.2, 0.25) is 6.29 Å².